The highest BCUT2D eigenvalue weighted by atomic mass is 32.2. The Morgan fingerprint density at radius 2 is 2.10 bits per heavy atom. The van der Waals surface area contributed by atoms with Gasteiger partial charge < -0.3 is 10.1 Å². The fraction of sp³-hybridized carbons (Fsp3) is 0.600. The van der Waals surface area contributed by atoms with Crippen molar-refractivity contribution in [3.63, 3.8) is 0 Å². The van der Waals surface area contributed by atoms with Gasteiger partial charge in [-0.2, -0.15) is 0 Å². The second-order valence-electron chi connectivity index (χ2n) is 5.30. The van der Waals surface area contributed by atoms with Gasteiger partial charge in [0.2, 0.25) is 10.0 Å². The van der Waals surface area contributed by atoms with Crippen LogP contribution < -0.4 is 14.8 Å². The smallest absolute Gasteiger partial charge is 0.240 e. The molecule has 0 amide bonds. The molecule has 0 aromatic heterocycles. The third kappa shape index (κ3) is 4.98. The molecule has 2 N–H and O–H groups in total. The molecule has 0 radical (unpaired) electrons. The molecule has 0 aliphatic carbocycles. The van der Waals surface area contributed by atoms with Crippen molar-refractivity contribution in [2.45, 2.75) is 43.5 Å². The maximum Gasteiger partial charge on any atom is 0.240 e. The Balaban J connectivity index is 1.85. The fourth-order valence-electron chi connectivity index (χ4n) is 2.39. The molecule has 5 nitrogen and oxygen atoms in total. The Bertz CT molecular complexity index is 522. The van der Waals surface area contributed by atoms with Crippen LogP contribution in [-0.2, 0) is 10.0 Å². The topological polar surface area (TPSA) is 67.4 Å². The number of ether oxygens (including phenoxy) is 1. The number of nitrogens with one attached hydrogen (secondary N) is 2. The third-order valence-electron chi connectivity index (χ3n) is 3.55. The first-order chi connectivity index (χ1) is 10.1. The van der Waals surface area contributed by atoms with Gasteiger partial charge in [-0.15, -0.1) is 0 Å². The predicted octanol–water partition coefficient (Wildman–Crippen LogP) is 1.90. The first-order valence-electron chi connectivity index (χ1n) is 7.58. The lowest BCUT2D eigenvalue weighted by Gasteiger charge is -2.11. The average Bonchev–Trinajstić information content (AvgIpc) is 2.98. The Hall–Kier alpha value is -1.11. The van der Waals surface area contributed by atoms with Gasteiger partial charge in [0.1, 0.15) is 5.75 Å². The van der Waals surface area contributed by atoms with Crippen LogP contribution in [0.1, 0.15) is 32.6 Å². The summed E-state index contributed by atoms with van der Waals surface area (Å²) in [6.07, 6.45) is 4.07. The molecule has 1 unspecified atom stereocenters. The molecule has 2 rings (SSSR count). The fourth-order valence-corrected chi connectivity index (χ4v) is 3.44. The van der Waals surface area contributed by atoms with Crippen LogP contribution in [0.15, 0.2) is 29.2 Å². The van der Waals surface area contributed by atoms with Gasteiger partial charge in [0.15, 0.2) is 0 Å². The van der Waals surface area contributed by atoms with Gasteiger partial charge in [-0.05, 0) is 56.5 Å². The zero-order chi connectivity index (χ0) is 15.1. The lowest BCUT2D eigenvalue weighted by Crippen LogP contribution is -2.30. The molecule has 0 bridgehead atoms. The van der Waals surface area contributed by atoms with Crippen molar-refractivity contribution in [3.05, 3.63) is 24.3 Å². The van der Waals surface area contributed by atoms with Crippen molar-refractivity contribution in [2.75, 3.05) is 19.7 Å². The monoisotopic (exact) mass is 312 g/mol. The second-order valence-corrected chi connectivity index (χ2v) is 7.07. The summed E-state index contributed by atoms with van der Waals surface area (Å²) >= 11 is 0. The Kier molecular flexibility index (Phi) is 6.02. The Morgan fingerprint density at radius 1 is 1.33 bits per heavy atom. The summed E-state index contributed by atoms with van der Waals surface area (Å²) in [6, 6.07) is 7.01. The molecule has 1 aliphatic heterocycles. The van der Waals surface area contributed by atoms with Crippen molar-refractivity contribution in [1.82, 2.24) is 10.0 Å². The van der Waals surface area contributed by atoms with Gasteiger partial charge in [0.05, 0.1) is 11.5 Å². The van der Waals surface area contributed by atoms with Gasteiger partial charge in [-0.3, -0.25) is 0 Å². The van der Waals surface area contributed by atoms with Gasteiger partial charge in [0, 0.05) is 12.6 Å². The predicted molar refractivity (Wildman–Crippen MR) is 83.1 cm³/mol. The standard InChI is InChI=1S/C15H24N2O3S/c1-2-12-20-14-5-7-15(8-6-14)21(18,19)17-11-9-13-4-3-10-16-13/h5-8,13,16-17H,2-4,9-12H2,1H3. The molecular formula is C15H24N2O3S. The van der Waals surface area contributed by atoms with Crippen LogP contribution >= 0.6 is 0 Å². The molecule has 1 saturated heterocycles. The molecule has 1 aromatic carbocycles. The summed E-state index contributed by atoms with van der Waals surface area (Å²) in [7, 11) is -3.42. The largest absolute Gasteiger partial charge is 0.494 e. The van der Waals surface area contributed by atoms with Crippen LogP contribution in [0.25, 0.3) is 0 Å². The van der Waals surface area contributed by atoms with E-state index < -0.39 is 10.0 Å². The van der Waals surface area contributed by atoms with E-state index in [0.717, 1.165) is 25.8 Å². The molecule has 21 heavy (non-hydrogen) atoms. The number of sulfonamides is 1. The summed E-state index contributed by atoms with van der Waals surface area (Å²) < 4.78 is 32.4. The van der Waals surface area contributed by atoms with E-state index in [-0.39, 0.29) is 4.90 Å². The van der Waals surface area contributed by atoms with E-state index in [4.69, 9.17) is 4.74 Å². The van der Waals surface area contributed by atoms with E-state index in [2.05, 4.69) is 10.0 Å². The molecule has 1 aliphatic rings. The van der Waals surface area contributed by atoms with E-state index in [1.54, 1.807) is 24.3 Å². The molecule has 6 heteroatoms. The zero-order valence-electron chi connectivity index (χ0n) is 12.5. The van der Waals surface area contributed by atoms with Gasteiger partial charge in [-0.25, -0.2) is 13.1 Å². The summed E-state index contributed by atoms with van der Waals surface area (Å²) in [4.78, 5) is 0.283. The molecule has 1 atom stereocenters. The first kappa shape index (κ1) is 16.3. The quantitative estimate of drug-likeness (QED) is 0.769. The van der Waals surface area contributed by atoms with Crippen LogP contribution in [0.5, 0.6) is 5.75 Å². The van der Waals surface area contributed by atoms with Crippen molar-refractivity contribution in [3.8, 4) is 5.75 Å². The highest BCUT2D eigenvalue weighted by Gasteiger charge is 2.17. The van der Waals surface area contributed by atoms with Crippen molar-refractivity contribution >= 4 is 10.0 Å². The Labute approximate surface area is 127 Å². The van der Waals surface area contributed by atoms with Crippen LogP contribution in [0.2, 0.25) is 0 Å². The van der Waals surface area contributed by atoms with E-state index in [1.165, 1.54) is 6.42 Å². The number of rotatable bonds is 8. The highest BCUT2D eigenvalue weighted by molar-refractivity contribution is 7.89. The van der Waals surface area contributed by atoms with Crippen molar-refractivity contribution in [1.29, 1.82) is 0 Å². The maximum atomic E-state index is 12.2. The van der Waals surface area contributed by atoms with E-state index in [9.17, 15) is 8.42 Å². The van der Waals surface area contributed by atoms with Crippen LogP contribution in [-0.4, -0.2) is 34.2 Å². The average molecular weight is 312 g/mol. The lowest BCUT2D eigenvalue weighted by molar-refractivity contribution is 0.317. The molecule has 118 valence electrons. The van der Waals surface area contributed by atoms with E-state index >= 15 is 0 Å². The normalized spacial score (nSPS) is 18.8. The van der Waals surface area contributed by atoms with Gasteiger partial charge in [-0.1, -0.05) is 6.92 Å². The lowest BCUT2D eigenvalue weighted by atomic mass is 10.2. The molecule has 1 heterocycles. The van der Waals surface area contributed by atoms with Crippen molar-refractivity contribution in [2.24, 2.45) is 0 Å². The summed E-state index contributed by atoms with van der Waals surface area (Å²) in [5.74, 6) is 0.700. The van der Waals surface area contributed by atoms with Crippen LogP contribution in [0.3, 0.4) is 0 Å². The molecule has 0 saturated carbocycles. The van der Waals surface area contributed by atoms with Crippen LogP contribution in [0, 0.1) is 0 Å². The second kappa shape index (κ2) is 7.77. The minimum atomic E-state index is -3.42. The molecule has 1 aromatic rings. The van der Waals surface area contributed by atoms with E-state index in [0.29, 0.717) is 24.9 Å². The van der Waals surface area contributed by atoms with Gasteiger partial charge >= 0.3 is 0 Å². The third-order valence-corrected chi connectivity index (χ3v) is 5.03. The number of hydrogen-bond donors (Lipinski definition) is 2. The minimum absolute atomic E-state index is 0.283. The highest BCUT2D eigenvalue weighted by Crippen LogP contribution is 2.16. The SMILES string of the molecule is CCCOc1ccc(S(=O)(=O)NCCC2CCCN2)cc1. The van der Waals surface area contributed by atoms with E-state index in [1.807, 2.05) is 6.92 Å². The maximum absolute atomic E-state index is 12.2. The molecule has 1 fully saturated rings. The minimum Gasteiger partial charge on any atom is -0.494 e. The van der Waals surface area contributed by atoms with Crippen molar-refractivity contribution < 1.29 is 13.2 Å². The summed E-state index contributed by atoms with van der Waals surface area (Å²) in [5, 5.41) is 3.36. The first-order valence-corrected chi connectivity index (χ1v) is 9.06. The van der Waals surface area contributed by atoms with Crippen LogP contribution in [0.4, 0.5) is 0 Å². The number of benzene rings is 1. The summed E-state index contributed by atoms with van der Waals surface area (Å²) in [6.45, 7) is 4.17. The number of hydrogen-bond acceptors (Lipinski definition) is 4. The Morgan fingerprint density at radius 3 is 2.71 bits per heavy atom. The van der Waals surface area contributed by atoms with Gasteiger partial charge in [0.25, 0.3) is 0 Å². The molecular weight excluding hydrogens is 288 g/mol. The zero-order valence-corrected chi connectivity index (χ0v) is 13.3. The summed E-state index contributed by atoms with van der Waals surface area (Å²) in [5.41, 5.74) is 0. The molecule has 0 spiro atoms.